The van der Waals surface area contributed by atoms with Gasteiger partial charge in [-0.2, -0.15) is 5.10 Å². The topological polar surface area (TPSA) is 67.0 Å². The number of hydrogen-bond acceptors (Lipinski definition) is 4. The molecule has 0 saturated heterocycles. The van der Waals surface area contributed by atoms with Crippen LogP contribution in [0.4, 0.5) is 18.9 Å². The van der Waals surface area contributed by atoms with Gasteiger partial charge in [0.05, 0.1) is 23.0 Å². The van der Waals surface area contributed by atoms with Gasteiger partial charge in [-0.05, 0) is 52.1 Å². The van der Waals surface area contributed by atoms with Crippen molar-refractivity contribution in [2.75, 3.05) is 11.9 Å². The molecule has 5 aromatic rings. The first-order chi connectivity index (χ1) is 18.5. The summed E-state index contributed by atoms with van der Waals surface area (Å²) in [5.74, 6) is -4.61. The smallest absolute Gasteiger partial charge is 0.337 e. The van der Waals surface area contributed by atoms with Crippen LogP contribution in [-0.4, -0.2) is 22.8 Å². The van der Waals surface area contributed by atoms with E-state index in [-0.39, 0.29) is 24.1 Å². The Kier molecular flexibility index (Phi) is 4.91. The molecule has 38 heavy (non-hydrogen) atoms. The number of aromatic nitrogens is 2. The highest BCUT2D eigenvalue weighted by molar-refractivity contribution is 6.00. The van der Waals surface area contributed by atoms with Crippen LogP contribution in [0.25, 0.3) is 33.2 Å². The van der Waals surface area contributed by atoms with Gasteiger partial charge in [0.1, 0.15) is 6.61 Å². The van der Waals surface area contributed by atoms with Crippen LogP contribution in [0.1, 0.15) is 17.0 Å². The average molecular weight is 509 g/mol. The van der Waals surface area contributed by atoms with E-state index in [1.54, 1.807) is 18.3 Å². The summed E-state index contributed by atoms with van der Waals surface area (Å²) >= 11 is 0. The van der Waals surface area contributed by atoms with Gasteiger partial charge in [-0.15, -0.1) is 0 Å². The molecule has 7 rings (SSSR count). The van der Waals surface area contributed by atoms with Crippen LogP contribution in [-0.2, 0) is 9.53 Å². The maximum absolute atomic E-state index is 13.7. The van der Waals surface area contributed by atoms with Gasteiger partial charge < -0.3 is 10.1 Å². The van der Waals surface area contributed by atoms with Crippen molar-refractivity contribution < 1.29 is 22.7 Å². The molecule has 0 radical (unpaired) electrons. The van der Waals surface area contributed by atoms with E-state index in [1.807, 2.05) is 48.5 Å². The fourth-order valence-electron chi connectivity index (χ4n) is 5.34. The van der Waals surface area contributed by atoms with E-state index in [0.717, 1.165) is 56.7 Å². The van der Waals surface area contributed by atoms with Crippen molar-refractivity contribution in [3.05, 3.63) is 119 Å². The monoisotopic (exact) mass is 509 g/mol. The molecule has 0 amide bonds. The Labute approximate surface area is 214 Å². The van der Waals surface area contributed by atoms with Gasteiger partial charge in [-0.1, -0.05) is 48.5 Å². The molecule has 0 fully saturated rings. The lowest BCUT2D eigenvalue weighted by Gasteiger charge is -2.27. The number of H-pyrrole nitrogens is 1. The van der Waals surface area contributed by atoms with E-state index in [9.17, 15) is 18.0 Å². The number of benzene rings is 4. The quantitative estimate of drug-likeness (QED) is 0.210. The molecule has 1 atom stereocenters. The largest absolute Gasteiger partial charge is 0.456 e. The molecule has 2 aliphatic rings. The zero-order valence-electron chi connectivity index (χ0n) is 19.7. The van der Waals surface area contributed by atoms with Gasteiger partial charge in [0.2, 0.25) is 0 Å². The van der Waals surface area contributed by atoms with Crippen LogP contribution < -0.4 is 5.32 Å². The minimum atomic E-state index is -1.48. The van der Waals surface area contributed by atoms with Gasteiger partial charge in [-0.3, -0.25) is 5.10 Å². The number of cyclic esters (lactones) is 1. The number of fused-ring (bicyclic) bond motifs is 3. The SMILES string of the molecule is O=C1OCC2=C1C(c1ccc(-c3ccc(-c4cc(F)c(F)c(F)c4)cc3)cc1)c1c(ccc3cn[nH]c13)N2. The maximum Gasteiger partial charge on any atom is 0.337 e. The molecule has 0 saturated carbocycles. The predicted octanol–water partition coefficient (Wildman–Crippen LogP) is 6.68. The average Bonchev–Trinajstić information content (AvgIpc) is 3.57. The first-order valence-electron chi connectivity index (χ1n) is 12.0. The number of carbonyl (C=O) groups is 1. The second-order valence-electron chi connectivity index (χ2n) is 9.34. The molecule has 0 spiro atoms. The zero-order valence-corrected chi connectivity index (χ0v) is 19.7. The Balaban J connectivity index is 1.25. The highest BCUT2D eigenvalue weighted by Gasteiger charge is 2.39. The lowest BCUT2D eigenvalue weighted by molar-refractivity contribution is -0.136. The van der Waals surface area contributed by atoms with E-state index < -0.39 is 17.5 Å². The van der Waals surface area contributed by atoms with E-state index in [4.69, 9.17) is 4.74 Å². The Morgan fingerprint density at radius 3 is 2.13 bits per heavy atom. The standard InChI is InChI=1S/C30H18F3N3O2/c31-21-11-20(12-22(32)28(21)33)17-3-1-15(2-4-17)16-5-7-18(8-6-16)25-26-23(10-9-19-13-34-36-29(19)26)35-24-14-38-30(37)27(24)25/h1-13,25,35H,14H2,(H,34,36). The summed E-state index contributed by atoms with van der Waals surface area (Å²) in [6.07, 6.45) is 1.75. The van der Waals surface area contributed by atoms with Crippen LogP contribution in [0.15, 0.2) is 90.3 Å². The molecule has 8 heteroatoms. The molecule has 2 aliphatic heterocycles. The first kappa shape index (κ1) is 22.4. The number of aromatic amines is 1. The lowest BCUT2D eigenvalue weighted by atomic mass is 9.80. The minimum Gasteiger partial charge on any atom is -0.456 e. The number of ether oxygens (including phenoxy) is 1. The Bertz CT molecular complexity index is 1770. The zero-order chi connectivity index (χ0) is 26.0. The highest BCUT2D eigenvalue weighted by atomic mass is 19.2. The third kappa shape index (κ3) is 3.41. The van der Waals surface area contributed by atoms with Crippen LogP contribution in [0, 0.1) is 17.5 Å². The molecule has 186 valence electrons. The van der Waals surface area contributed by atoms with Crippen LogP contribution in [0.2, 0.25) is 0 Å². The van der Waals surface area contributed by atoms with Crippen molar-refractivity contribution in [1.82, 2.24) is 10.2 Å². The number of nitrogens with one attached hydrogen (secondary N) is 2. The van der Waals surface area contributed by atoms with Crippen molar-refractivity contribution in [1.29, 1.82) is 0 Å². The first-order valence-corrected chi connectivity index (χ1v) is 12.0. The van der Waals surface area contributed by atoms with Crippen molar-refractivity contribution in [2.24, 2.45) is 0 Å². The van der Waals surface area contributed by atoms with Crippen LogP contribution in [0.5, 0.6) is 0 Å². The molecule has 5 nitrogen and oxygen atoms in total. The number of anilines is 1. The number of nitrogens with zero attached hydrogens (tertiary/aromatic N) is 1. The van der Waals surface area contributed by atoms with Crippen LogP contribution >= 0.6 is 0 Å². The summed E-state index contributed by atoms with van der Waals surface area (Å²) in [6.45, 7) is 0.206. The predicted molar refractivity (Wildman–Crippen MR) is 137 cm³/mol. The molecule has 4 aromatic carbocycles. The summed E-state index contributed by atoms with van der Waals surface area (Å²) in [5.41, 5.74) is 7.63. The maximum atomic E-state index is 13.7. The summed E-state index contributed by atoms with van der Waals surface area (Å²) in [4.78, 5) is 12.8. The lowest BCUT2D eigenvalue weighted by Crippen LogP contribution is -2.20. The van der Waals surface area contributed by atoms with Crippen molar-refractivity contribution in [2.45, 2.75) is 5.92 Å². The molecule has 2 N–H and O–H groups in total. The number of hydrogen-bond donors (Lipinski definition) is 2. The van der Waals surface area contributed by atoms with Gasteiger partial charge in [0, 0.05) is 22.6 Å². The molecule has 1 aromatic heterocycles. The van der Waals surface area contributed by atoms with E-state index in [1.165, 1.54) is 0 Å². The number of rotatable bonds is 3. The number of halogens is 3. The number of esters is 1. The molecular weight excluding hydrogens is 491 g/mol. The number of carbonyl (C=O) groups excluding carboxylic acids is 1. The van der Waals surface area contributed by atoms with E-state index in [0.29, 0.717) is 11.1 Å². The summed E-state index contributed by atoms with van der Waals surface area (Å²) in [7, 11) is 0. The molecular formula is C30H18F3N3O2. The molecule has 0 bridgehead atoms. The molecule has 0 aliphatic carbocycles. The Morgan fingerprint density at radius 2 is 1.45 bits per heavy atom. The molecule has 1 unspecified atom stereocenters. The minimum absolute atomic E-state index is 0.206. The summed E-state index contributed by atoms with van der Waals surface area (Å²) in [5, 5.41) is 11.6. The van der Waals surface area contributed by atoms with Gasteiger partial charge >= 0.3 is 5.97 Å². The second-order valence-corrected chi connectivity index (χ2v) is 9.34. The van der Waals surface area contributed by atoms with Gasteiger partial charge in [0.15, 0.2) is 17.5 Å². The normalized spacial score (nSPS) is 16.3. The summed E-state index contributed by atoms with van der Waals surface area (Å²) in [6, 6.07) is 21.0. The van der Waals surface area contributed by atoms with Gasteiger partial charge in [0.25, 0.3) is 0 Å². The van der Waals surface area contributed by atoms with Crippen molar-refractivity contribution in [3.63, 3.8) is 0 Å². The van der Waals surface area contributed by atoms with E-state index >= 15 is 0 Å². The fourth-order valence-corrected chi connectivity index (χ4v) is 5.34. The van der Waals surface area contributed by atoms with Gasteiger partial charge in [-0.25, -0.2) is 18.0 Å². The molecule has 3 heterocycles. The Morgan fingerprint density at radius 1 is 0.816 bits per heavy atom. The fraction of sp³-hybridized carbons (Fsp3) is 0.0667. The summed E-state index contributed by atoms with van der Waals surface area (Å²) < 4.78 is 46.0. The van der Waals surface area contributed by atoms with E-state index in [2.05, 4.69) is 15.5 Å². The third-order valence-corrected chi connectivity index (χ3v) is 7.19. The van der Waals surface area contributed by atoms with Crippen molar-refractivity contribution in [3.8, 4) is 22.3 Å². The highest BCUT2D eigenvalue weighted by Crippen LogP contribution is 2.47. The second kappa shape index (κ2) is 8.34. The Hall–Kier alpha value is -4.85. The van der Waals surface area contributed by atoms with Crippen LogP contribution in [0.3, 0.4) is 0 Å². The van der Waals surface area contributed by atoms with Crippen molar-refractivity contribution >= 4 is 22.6 Å². The third-order valence-electron chi connectivity index (χ3n) is 7.19.